The lowest BCUT2D eigenvalue weighted by molar-refractivity contribution is 0.0394. The van der Waals surface area contributed by atoms with Crippen molar-refractivity contribution in [2.45, 2.75) is 50.5 Å². The Balaban J connectivity index is 1.72. The third-order valence-electron chi connectivity index (χ3n) is 6.85. The highest BCUT2D eigenvalue weighted by atomic mass is 16.5. The smallest absolute Gasteiger partial charge is 0.172 e. The molecule has 0 unspecified atom stereocenters. The lowest BCUT2D eigenvalue weighted by Crippen LogP contribution is -2.34. The van der Waals surface area contributed by atoms with Gasteiger partial charge in [-0.2, -0.15) is 15.8 Å². The number of aliphatic hydroxyl groups is 1. The molecule has 1 aromatic rings. The number of rotatable bonds is 3. The van der Waals surface area contributed by atoms with Gasteiger partial charge in [-0.15, -0.1) is 0 Å². The number of anilines is 1. The Kier molecular flexibility index (Phi) is 5.99. The van der Waals surface area contributed by atoms with E-state index in [0.717, 1.165) is 74.9 Å². The first-order valence-electron chi connectivity index (χ1n) is 11.0. The van der Waals surface area contributed by atoms with Gasteiger partial charge < -0.3 is 14.7 Å². The first-order valence-corrected chi connectivity index (χ1v) is 11.0. The Morgan fingerprint density at radius 1 is 1.03 bits per heavy atom. The number of hydrogen-bond donors (Lipinski definition) is 1. The van der Waals surface area contributed by atoms with Gasteiger partial charge in [-0.05, 0) is 62.1 Å². The predicted molar refractivity (Wildman–Crippen MR) is 116 cm³/mol. The maximum Gasteiger partial charge on any atom is 0.172 e. The normalized spacial score (nSPS) is 20.7. The Labute approximate surface area is 183 Å². The van der Waals surface area contributed by atoms with Crippen LogP contribution in [0, 0.1) is 39.9 Å². The molecule has 1 aliphatic carbocycles. The molecule has 158 valence electrons. The van der Waals surface area contributed by atoms with Crippen LogP contribution in [0.3, 0.4) is 0 Å². The Morgan fingerprint density at radius 2 is 1.68 bits per heavy atom. The van der Waals surface area contributed by atoms with Crippen LogP contribution in [0.15, 0.2) is 41.2 Å². The summed E-state index contributed by atoms with van der Waals surface area (Å²) in [6.07, 6.45) is 6.61. The molecule has 4 rings (SSSR count). The van der Waals surface area contributed by atoms with Crippen molar-refractivity contribution in [3.8, 4) is 18.2 Å². The molecule has 1 saturated carbocycles. The van der Waals surface area contributed by atoms with Crippen molar-refractivity contribution in [2.75, 3.05) is 24.6 Å². The van der Waals surface area contributed by atoms with E-state index in [1.807, 2.05) is 24.3 Å². The van der Waals surface area contributed by atoms with Crippen LogP contribution in [0.2, 0.25) is 0 Å². The summed E-state index contributed by atoms with van der Waals surface area (Å²) >= 11 is 0. The Morgan fingerprint density at radius 3 is 2.23 bits per heavy atom. The largest absolute Gasteiger partial charge is 0.479 e. The highest BCUT2D eigenvalue weighted by molar-refractivity contribution is 5.85. The summed E-state index contributed by atoms with van der Waals surface area (Å²) in [6.45, 7) is 2.10. The molecule has 6 heteroatoms. The van der Waals surface area contributed by atoms with E-state index >= 15 is 0 Å². The highest BCUT2D eigenvalue weighted by Gasteiger charge is 2.48. The van der Waals surface area contributed by atoms with E-state index in [0.29, 0.717) is 11.5 Å². The quantitative estimate of drug-likeness (QED) is 0.743. The van der Waals surface area contributed by atoms with Crippen molar-refractivity contribution in [1.82, 2.24) is 0 Å². The predicted octanol–water partition coefficient (Wildman–Crippen LogP) is 4.21. The minimum absolute atomic E-state index is 0.138. The third-order valence-corrected chi connectivity index (χ3v) is 6.85. The number of piperidine rings is 1. The maximum absolute atomic E-state index is 9.96. The van der Waals surface area contributed by atoms with Gasteiger partial charge in [-0.1, -0.05) is 18.6 Å². The molecule has 1 spiro atoms. The summed E-state index contributed by atoms with van der Waals surface area (Å²) < 4.78 is 6.28. The monoisotopic (exact) mass is 414 g/mol. The van der Waals surface area contributed by atoms with Crippen LogP contribution < -0.4 is 4.90 Å². The van der Waals surface area contributed by atoms with Crippen LogP contribution in [-0.2, 0) is 4.74 Å². The van der Waals surface area contributed by atoms with Gasteiger partial charge in [-0.25, -0.2) is 0 Å². The molecule has 0 amide bonds. The van der Waals surface area contributed by atoms with Crippen LogP contribution in [-0.4, -0.2) is 30.4 Å². The molecule has 2 aliphatic heterocycles. The Bertz CT molecular complexity index is 1000. The average Bonchev–Trinajstić information content (AvgIpc) is 3.13. The van der Waals surface area contributed by atoms with Crippen LogP contribution >= 0.6 is 0 Å². The molecule has 1 N–H and O–H groups in total. The molecular weight excluding hydrogens is 388 g/mol. The number of allylic oxidation sites excluding steroid dienone is 2. The van der Waals surface area contributed by atoms with E-state index in [4.69, 9.17) is 4.74 Å². The van der Waals surface area contributed by atoms with Crippen LogP contribution in [0.25, 0.3) is 5.57 Å². The molecule has 0 aromatic heterocycles. The molecule has 3 aliphatic rings. The summed E-state index contributed by atoms with van der Waals surface area (Å²) in [5.74, 6) is 0.528. The van der Waals surface area contributed by atoms with Gasteiger partial charge in [0.25, 0.3) is 0 Å². The summed E-state index contributed by atoms with van der Waals surface area (Å²) in [5.41, 5.74) is 2.40. The number of benzene rings is 1. The zero-order chi connectivity index (χ0) is 21.8. The minimum atomic E-state index is -0.640. The summed E-state index contributed by atoms with van der Waals surface area (Å²) in [6, 6.07) is 14.2. The number of nitriles is 3. The molecule has 1 aromatic carbocycles. The van der Waals surface area contributed by atoms with Crippen molar-refractivity contribution in [2.24, 2.45) is 5.92 Å². The number of nitrogens with zero attached hydrogens (tertiary/aromatic N) is 4. The van der Waals surface area contributed by atoms with Gasteiger partial charge in [0, 0.05) is 31.0 Å². The summed E-state index contributed by atoms with van der Waals surface area (Å²) in [4.78, 5) is 2.33. The molecule has 0 radical (unpaired) electrons. The van der Waals surface area contributed by atoms with E-state index < -0.39 is 5.60 Å². The second-order valence-electron chi connectivity index (χ2n) is 8.61. The summed E-state index contributed by atoms with van der Waals surface area (Å²) in [5, 5.41) is 38.1. The molecule has 31 heavy (non-hydrogen) atoms. The van der Waals surface area contributed by atoms with E-state index in [-0.39, 0.29) is 17.9 Å². The van der Waals surface area contributed by atoms with Crippen molar-refractivity contribution in [3.63, 3.8) is 0 Å². The van der Waals surface area contributed by atoms with Crippen LogP contribution in [0.4, 0.5) is 5.69 Å². The molecule has 2 fully saturated rings. The first kappa shape index (κ1) is 21.0. The fourth-order valence-corrected chi connectivity index (χ4v) is 5.14. The molecule has 2 heterocycles. The van der Waals surface area contributed by atoms with E-state index in [2.05, 4.69) is 23.1 Å². The highest BCUT2D eigenvalue weighted by Crippen LogP contribution is 2.52. The molecule has 1 saturated heterocycles. The maximum atomic E-state index is 9.96. The number of aliphatic hydroxyl groups excluding tert-OH is 1. The van der Waals surface area contributed by atoms with Crippen molar-refractivity contribution in [1.29, 1.82) is 15.8 Å². The molecule has 0 atom stereocenters. The molecular formula is C25H26N4O2. The van der Waals surface area contributed by atoms with Crippen molar-refractivity contribution in [3.05, 3.63) is 46.7 Å². The second kappa shape index (κ2) is 8.84. The van der Waals surface area contributed by atoms with Gasteiger partial charge in [0.1, 0.15) is 29.4 Å². The molecule has 0 bridgehead atoms. The van der Waals surface area contributed by atoms with Gasteiger partial charge in [-0.3, -0.25) is 0 Å². The van der Waals surface area contributed by atoms with Crippen LogP contribution in [0.1, 0.15) is 50.5 Å². The van der Waals surface area contributed by atoms with Gasteiger partial charge >= 0.3 is 0 Å². The fourth-order valence-electron chi connectivity index (χ4n) is 5.14. The topological polar surface area (TPSA) is 104 Å². The van der Waals surface area contributed by atoms with Crippen LogP contribution in [0.5, 0.6) is 0 Å². The van der Waals surface area contributed by atoms with Gasteiger partial charge in [0.2, 0.25) is 0 Å². The van der Waals surface area contributed by atoms with Gasteiger partial charge in [0.15, 0.2) is 11.3 Å². The number of ether oxygens (including phenoxy) is 1. The Hall–Kier alpha value is -3.27. The number of hydrogen-bond acceptors (Lipinski definition) is 6. The SMILES string of the molecule is N#CC(C#N)=C1OC2(CCCCC2)C(c2ccc(N3CCC(CO)CC3)cc2)=C1C#N. The van der Waals surface area contributed by atoms with E-state index in [9.17, 15) is 20.9 Å². The average molecular weight is 415 g/mol. The zero-order valence-electron chi connectivity index (χ0n) is 17.6. The van der Waals surface area contributed by atoms with E-state index in [1.54, 1.807) is 0 Å². The van der Waals surface area contributed by atoms with E-state index in [1.165, 1.54) is 0 Å². The minimum Gasteiger partial charge on any atom is -0.479 e. The third kappa shape index (κ3) is 3.78. The van der Waals surface area contributed by atoms with Crippen molar-refractivity contribution < 1.29 is 9.84 Å². The standard InChI is InChI=1S/C25H26N4O2/c26-14-20(15-27)24-22(16-28)23(25(31-24)10-2-1-3-11-25)19-4-6-21(7-5-19)29-12-8-18(17-30)9-13-29/h4-7,18,30H,1-3,8-13,17H2. The lowest BCUT2D eigenvalue weighted by Gasteiger charge is -2.36. The lowest BCUT2D eigenvalue weighted by atomic mass is 9.76. The zero-order valence-corrected chi connectivity index (χ0v) is 17.6. The van der Waals surface area contributed by atoms with Gasteiger partial charge in [0.05, 0.1) is 0 Å². The fraction of sp³-hybridized carbons (Fsp3) is 0.480. The van der Waals surface area contributed by atoms with Crippen molar-refractivity contribution >= 4 is 11.3 Å². The first-order chi connectivity index (χ1) is 15.2. The summed E-state index contributed by atoms with van der Waals surface area (Å²) in [7, 11) is 0. The molecule has 6 nitrogen and oxygen atoms in total. The second-order valence-corrected chi connectivity index (χ2v) is 8.61.